The molecule has 128 valence electrons. The Labute approximate surface area is 138 Å². The van der Waals surface area contributed by atoms with E-state index in [0.717, 1.165) is 13.1 Å². The monoisotopic (exact) mass is 340 g/mol. The molecule has 1 aliphatic rings. The summed E-state index contributed by atoms with van der Waals surface area (Å²) in [6.07, 6.45) is 0. The first-order valence-corrected chi connectivity index (χ1v) is 9.55. The molecule has 23 heavy (non-hydrogen) atoms. The minimum Gasteiger partial charge on any atom is -0.334 e. The van der Waals surface area contributed by atoms with Gasteiger partial charge in [-0.1, -0.05) is 19.9 Å². The molecule has 1 aromatic rings. The van der Waals surface area contributed by atoms with Gasteiger partial charge in [0.15, 0.2) is 0 Å². The summed E-state index contributed by atoms with van der Waals surface area (Å²) in [5.41, 5.74) is 0.442. The van der Waals surface area contributed by atoms with Crippen molar-refractivity contribution < 1.29 is 18.1 Å². The number of piperazine rings is 1. The van der Waals surface area contributed by atoms with Gasteiger partial charge in [0.25, 0.3) is 5.91 Å². The molecule has 0 atom stereocenters. The van der Waals surface area contributed by atoms with Crippen molar-refractivity contribution in [1.82, 2.24) is 9.21 Å². The van der Waals surface area contributed by atoms with E-state index in [0.29, 0.717) is 31.7 Å². The van der Waals surface area contributed by atoms with E-state index in [4.69, 9.17) is 0 Å². The summed E-state index contributed by atoms with van der Waals surface area (Å²) in [5.74, 6) is -0.0888. The van der Waals surface area contributed by atoms with Gasteiger partial charge in [-0.2, -0.15) is 4.31 Å². The van der Waals surface area contributed by atoms with Crippen LogP contribution in [-0.2, 0) is 10.0 Å². The maximum absolute atomic E-state index is 12.6. The third-order valence-electron chi connectivity index (χ3n) is 4.33. The van der Waals surface area contributed by atoms with Crippen LogP contribution in [0.1, 0.15) is 24.2 Å². The summed E-state index contributed by atoms with van der Waals surface area (Å²) in [6.45, 7) is 7.70. The molecule has 0 aromatic heterocycles. The zero-order valence-corrected chi connectivity index (χ0v) is 14.9. The fourth-order valence-corrected chi connectivity index (χ4v) is 4.28. The lowest BCUT2D eigenvalue weighted by Gasteiger charge is -2.30. The van der Waals surface area contributed by atoms with Gasteiger partial charge in [-0.05, 0) is 18.2 Å². The van der Waals surface area contributed by atoms with Gasteiger partial charge in [0.2, 0.25) is 10.0 Å². The van der Waals surface area contributed by atoms with E-state index in [1.165, 1.54) is 15.3 Å². The summed E-state index contributed by atoms with van der Waals surface area (Å²) in [5, 5.41) is 0. The SMILES string of the molecule is CCN(CC)S(=O)(=O)c1cccc(C(=O)N2CC[NH+](C)CC2)c1. The highest BCUT2D eigenvalue weighted by Crippen LogP contribution is 2.18. The molecule has 1 fully saturated rings. The molecule has 6 nitrogen and oxygen atoms in total. The van der Waals surface area contributed by atoms with Crippen LogP contribution in [0.15, 0.2) is 29.2 Å². The molecule has 0 unspecified atom stereocenters. The minimum absolute atomic E-state index is 0.0888. The van der Waals surface area contributed by atoms with Crippen molar-refractivity contribution >= 4 is 15.9 Å². The van der Waals surface area contributed by atoms with Crippen molar-refractivity contribution in [1.29, 1.82) is 0 Å². The molecule has 1 N–H and O–H groups in total. The molecule has 1 aromatic carbocycles. The molecule has 1 saturated heterocycles. The molecule has 1 heterocycles. The van der Waals surface area contributed by atoms with E-state index >= 15 is 0 Å². The van der Waals surface area contributed by atoms with Crippen molar-refractivity contribution in [3.8, 4) is 0 Å². The number of quaternary nitrogens is 1. The van der Waals surface area contributed by atoms with E-state index in [-0.39, 0.29) is 10.8 Å². The van der Waals surface area contributed by atoms with Gasteiger partial charge in [0, 0.05) is 18.7 Å². The number of benzene rings is 1. The Bertz CT molecular complexity index is 648. The Hall–Kier alpha value is -1.44. The van der Waals surface area contributed by atoms with E-state index in [1.807, 2.05) is 13.8 Å². The summed E-state index contributed by atoms with van der Waals surface area (Å²) >= 11 is 0. The highest BCUT2D eigenvalue weighted by Gasteiger charge is 2.25. The fourth-order valence-electron chi connectivity index (χ4n) is 2.78. The molecular formula is C16H26N3O3S+. The van der Waals surface area contributed by atoms with Crippen LogP contribution < -0.4 is 4.90 Å². The van der Waals surface area contributed by atoms with Crippen LogP contribution in [-0.4, -0.2) is 69.8 Å². The molecule has 0 bridgehead atoms. The zero-order chi connectivity index (χ0) is 17.0. The molecule has 0 spiro atoms. The number of rotatable bonds is 5. The van der Waals surface area contributed by atoms with Crippen LogP contribution in [0, 0.1) is 0 Å². The standard InChI is InChI=1S/C16H25N3O3S/c1-4-19(5-2)23(21,22)15-8-6-7-14(13-15)16(20)18-11-9-17(3)10-12-18/h6-8,13H,4-5,9-12H2,1-3H3/p+1. The quantitative estimate of drug-likeness (QED) is 0.800. The van der Waals surface area contributed by atoms with Crippen molar-refractivity contribution in [3.05, 3.63) is 29.8 Å². The molecule has 0 aliphatic carbocycles. The van der Waals surface area contributed by atoms with E-state index < -0.39 is 10.0 Å². The molecule has 1 aliphatic heterocycles. The zero-order valence-electron chi connectivity index (χ0n) is 14.1. The highest BCUT2D eigenvalue weighted by molar-refractivity contribution is 7.89. The van der Waals surface area contributed by atoms with Gasteiger partial charge >= 0.3 is 0 Å². The average molecular weight is 340 g/mol. The summed E-state index contributed by atoms with van der Waals surface area (Å²) in [4.78, 5) is 16.0. The van der Waals surface area contributed by atoms with Gasteiger partial charge in [0.05, 0.1) is 38.1 Å². The Morgan fingerprint density at radius 1 is 1.22 bits per heavy atom. The van der Waals surface area contributed by atoms with Crippen molar-refractivity contribution in [3.63, 3.8) is 0 Å². The second kappa shape index (κ2) is 7.42. The Balaban J connectivity index is 2.24. The Morgan fingerprint density at radius 2 is 1.83 bits per heavy atom. The van der Waals surface area contributed by atoms with Crippen molar-refractivity contribution in [2.45, 2.75) is 18.7 Å². The average Bonchev–Trinajstić information content (AvgIpc) is 2.56. The number of sulfonamides is 1. The van der Waals surface area contributed by atoms with Crippen molar-refractivity contribution in [2.75, 3.05) is 46.3 Å². The number of nitrogens with one attached hydrogen (secondary N) is 1. The normalized spacial score (nSPS) is 16.8. The van der Waals surface area contributed by atoms with Gasteiger partial charge in [0.1, 0.15) is 0 Å². The van der Waals surface area contributed by atoms with Crippen LogP contribution >= 0.6 is 0 Å². The van der Waals surface area contributed by atoms with Gasteiger partial charge in [-0.3, -0.25) is 4.79 Å². The number of amides is 1. The van der Waals surface area contributed by atoms with Crippen LogP contribution in [0.2, 0.25) is 0 Å². The molecule has 0 saturated carbocycles. The summed E-state index contributed by atoms with van der Waals surface area (Å²) in [7, 11) is -1.43. The number of nitrogens with zero attached hydrogens (tertiary/aromatic N) is 2. The number of carbonyl (C=O) groups is 1. The maximum atomic E-state index is 12.6. The van der Waals surface area contributed by atoms with Crippen LogP contribution in [0.25, 0.3) is 0 Å². The molecule has 0 radical (unpaired) electrons. The lowest BCUT2D eigenvalue weighted by molar-refractivity contribution is -0.883. The first-order valence-electron chi connectivity index (χ1n) is 8.11. The first-order chi connectivity index (χ1) is 10.9. The number of likely N-dealkylation sites (N-methyl/N-ethyl adjacent to an activating group) is 1. The van der Waals surface area contributed by atoms with Gasteiger partial charge in [-0.15, -0.1) is 0 Å². The Kier molecular flexibility index (Phi) is 5.78. The van der Waals surface area contributed by atoms with E-state index in [1.54, 1.807) is 23.1 Å². The maximum Gasteiger partial charge on any atom is 0.254 e. The van der Waals surface area contributed by atoms with E-state index in [2.05, 4.69) is 7.05 Å². The first kappa shape index (κ1) is 17.9. The summed E-state index contributed by atoms with van der Waals surface area (Å²) < 4.78 is 26.6. The van der Waals surface area contributed by atoms with Gasteiger partial charge < -0.3 is 9.80 Å². The lowest BCUT2D eigenvalue weighted by atomic mass is 10.2. The third-order valence-corrected chi connectivity index (χ3v) is 6.37. The predicted molar refractivity (Wildman–Crippen MR) is 89.1 cm³/mol. The summed E-state index contributed by atoms with van der Waals surface area (Å²) in [6, 6.07) is 6.39. The molecule has 1 amide bonds. The van der Waals surface area contributed by atoms with E-state index in [9.17, 15) is 13.2 Å². The van der Waals surface area contributed by atoms with Gasteiger partial charge in [-0.25, -0.2) is 8.42 Å². The number of hydrogen-bond acceptors (Lipinski definition) is 3. The molecular weight excluding hydrogens is 314 g/mol. The predicted octanol–water partition coefficient (Wildman–Crippen LogP) is -0.312. The third kappa shape index (κ3) is 3.91. The van der Waals surface area contributed by atoms with Crippen LogP contribution in [0.3, 0.4) is 0 Å². The molecule has 7 heteroatoms. The smallest absolute Gasteiger partial charge is 0.254 e. The largest absolute Gasteiger partial charge is 0.334 e. The molecule has 2 rings (SSSR count). The minimum atomic E-state index is -3.54. The topological polar surface area (TPSA) is 62.1 Å². The fraction of sp³-hybridized carbons (Fsp3) is 0.562. The second-order valence-corrected chi connectivity index (χ2v) is 7.80. The number of hydrogen-bond donors (Lipinski definition) is 1. The highest BCUT2D eigenvalue weighted by atomic mass is 32.2. The Morgan fingerprint density at radius 3 is 2.39 bits per heavy atom. The second-order valence-electron chi connectivity index (χ2n) is 5.87. The van der Waals surface area contributed by atoms with Crippen LogP contribution in [0.5, 0.6) is 0 Å². The lowest BCUT2D eigenvalue weighted by Crippen LogP contribution is -3.12. The van der Waals surface area contributed by atoms with Crippen LogP contribution in [0.4, 0.5) is 0 Å². The number of carbonyl (C=O) groups excluding carboxylic acids is 1. The van der Waals surface area contributed by atoms with Crippen molar-refractivity contribution in [2.24, 2.45) is 0 Å².